The average Bonchev–Trinajstić information content (AvgIpc) is 2.04. The SMILES string of the molecule is O=C([O-])c1cncnc1C(=O)[O-].[NH4+].[NH4+]. The van der Waals surface area contributed by atoms with Crippen LogP contribution < -0.4 is 22.5 Å². The molecule has 0 aliphatic carbocycles. The van der Waals surface area contributed by atoms with Crippen molar-refractivity contribution in [1.29, 1.82) is 0 Å². The van der Waals surface area contributed by atoms with Gasteiger partial charge in [0.25, 0.3) is 0 Å². The Morgan fingerprint density at radius 3 is 2.07 bits per heavy atom. The fraction of sp³-hybridized carbons (Fsp3) is 0. The summed E-state index contributed by atoms with van der Waals surface area (Å²) >= 11 is 0. The summed E-state index contributed by atoms with van der Waals surface area (Å²) in [6.45, 7) is 0. The van der Waals surface area contributed by atoms with Crippen LogP contribution in [0.1, 0.15) is 20.8 Å². The van der Waals surface area contributed by atoms with Gasteiger partial charge in [-0.3, -0.25) is 0 Å². The average molecular weight is 202 g/mol. The first-order valence-electron chi connectivity index (χ1n) is 2.85. The topological polar surface area (TPSA) is 179 Å². The zero-order valence-electron chi connectivity index (χ0n) is 7.68. The third-order valence-electron chi connectivity index (χ3n) is 1.13. The molecule has 0 saturated heterocycles. The Hall–Kier alpha value is -2.06. The molecule has 0 spiro atoms. The number of quaternary nitrogens is 2. The molecule has 0 saturated carbocycles. The molecule has 8 nitrogen and oxygen atoms in total. The predicted molar refractivity (Wildman–Crippen MR) is 42.7 cm³/mol. The van der Waals surface area contributed by atoms with E-state index in [1.807, 2.05) is 0 Å². The number of carboxylic acids is 2. The molecule has 0 fully saturated rings. The normalized spacial score (nSPS) is 8.00. The van der Waals surface area contributed by atoms with Gasteiger partial charge in [0.15, 0.2) is 0 Å². The highest BCUT2D eigenvalue weighted by molar-refractivity contribution is 5.98. The van der Waals surface area contributed by atoms with Crippen molar-refractivity contribution in [2.45, 2.75) is 0 Å². The van der Waals surface area contributed by atoms with E-state index in [9.17, 15) is 19.8 Å². The van der Waals surface area contributed by atoms with Gasteiger partial charge >= 0.3 is 0 Å². The summed E-state index contributed by atoms with van der Waals surface area (Å²) in [5.41, 5.74) is -1.26. The van der Waals surface area contributed by atoms with Gasteiger partial charge in [-0.15, -0.1) is 0 Å². The van der Waals surface area contributed by atoms with Gasteiger partial charge < -0.3 is 32.1 Å². The molecule has 8 heteroatoms. The third kappa shape index (κ3) is 2.77. The van der Waals surface area contributed by atoms with Gasteiger partial charge in [0.05, 0.1) is 17.6 Å². The van der Waals surface area contributed by atoms with Gasteiger partial charge in [-0.2, -0.15) is 0 Å². The van der Waals surface area contributed by atoms with Gasteiger partial charge in [-0.1, -0.05) is 0 Å². The highest BCUT2D eigenvalue weighted by atomic mass is 16.4. The molecule has 1 aromatic rings. The third-order valence-corrected chi connectivity index (χ3v) is 1.13. The van der Waals surface area contributed by atoms with Gasteiger partial charge in [0.2, 0.25) is 0 Å². The van der Waals surface area contributed by atoms with E-state index in [4.69, 9.17) is 0 Å². The maximum Gasteiger partial charge on any atom is 0.116 e. The molecule has 78 valence electrons. The molecular weight excluding hydrogens is 192 g/mol. The van der Waals surface area contributed by atoms with E-state index in [0.717, 1.165) is 12.5 Å². The number of aromatic carboxylic acids is 2. The van der Waals surface area contributed by atoms with E-state index in [2.05, 4.69) is 9.97 Å². The number of hydrogen-bond acceptors (Lipinski definition) is 6. The molecule has 1 heterocycles. The molecule has 0 atom stereocenters. The van der Waals surface area contributed by atoms with Crippen LogP contribution in [0.2, 0.25) is 0 Å². The van der Waals surface area contributed by atoms with Crippen molar-refractivity contribution in [3.63, 3.8) is 0 Å². The van der Waals surface area contributed by atoms with Crippen LogP contribution in [0.15, 0.2) is 12.5 Å². The van der Waals surface area contributed by atoms with Crippen molar-refractivity contribution >= 4 is 11.9 Å². The summed E-state index contributed by atoms with van der Waals surface area (Å²) in [6.07, 6.45) is 1.75. The minimum Gasteiger partial charge on any atom is -0.545 e. The summed E-state index contributed by atoms with van der Waals surface area (Å²) in [5, 5.41) is 20.5. The van der Waals surface area contributed by atoms with Crippen LogP contribution in [-0.2, 0) is 0 Å². The lowest BCUT2D eigenvalue weighted by atomic mass is 10.2. The minimum atomic E-state index is -1.67. The Balaban J connectivity index is 0. The molecule has 0 amide bonds. The van der Waals surface area contributed by atoms with Crippen molar-refractivity contribution in [2.75, 3.05) is 0 Å². The maximum absolute atomic E-state index is 10.2. The fourth-order valence-electron chi connectivity index (χ4n) is 0.642. The van der Waals surface area contributed by atoms with E-state index < -0.39 is 23.2 Å². The summed E-state index contributed by atoms with van der Waals surface area (Å²) < 4.78 is 0. The number of hydrogen-bond donors (Lipinski definition) is 2. The standard InChI is InChI=1S/C6H4N2O4.2H3N/c9-5(10)3-1-7-2-8-4(3)6(11)12;;/h1-2H,(H,9,10)(H,11,12);2*1H3. The summed E-state index contributed by atoms with van der Waals surface area (Å²) in [7, 11) is 0. The van der Waals surface area contributed by atoms with Crippen LogP contribution in [0.4, 0.5) is 0 Å². The van der Waals surface area contributed by atoms with E-state index in [1.54, 1.807) is 0 Å². The Morgan fingerprint density at radius 2 is 1.71 bits per heavy atom. The van der Waals surface area contributed by atoms with Crippen LogP contribution in [-0.4, -0.2) is 21.9 Å². The van der Waals surface area contributed by atoms with Crippen molar-refractivity contribution in [2.24, 2.45) is 0 Å². The van der Waals surface area contributed by atoms with Crippen molar-refractivity contribution < 1.29 is 19.8 Å². The first-order valence-corrected chi connectivity index (χ1v) is 2.85. The zero-order chi connectivity index (χ0) is 9.14. The van der Waals surface area contributed by atoms with E-state index >= 15 is 0 Å². The molecule has 0 aliphatic rings. The van der Waals surface area contributed by atoms with Crippen LogP contribution in [0, 0.1) is 0 Å². The molecule has 8 N–H and O–H groups in total. The van der Waals surface area contributed by atoms with E-state index in [-0.39, 0.29) is 12.3 Å². The van der Waals surface area contributed by atoms with Crippen LogP contribution >= 0.6 is 0 Å². The lowest BCUT2D eigenvalue weighted by Gasteiger charge is -2.07. The Morgan fingerprint density at radius 1 is 1.14 bits per heavy atom. The number of nitrogens with zero attached hydrogens (tertiary/aromatic N) is 2. The van der Waals surface area contributed by atoms with Crippen LogP contribution in [0.25, 0.3) is 0 Å². The summed E-state index contributed by atoms with van der Waals surface area (Å²) in [4.78, 5) is 27.0. The monoisotopic (exact) mass is 202 g/mol. The summed E-state index contributed by atoms with van der Waals surface area (Å²) in [6, 6.07) is 0. The molecule has 0 aromatic carbocycles. The first kappa shape index (κ1) is 14.5. The van der Waals surface area contributed by atoms with E-state index in [0.29, 0.717) is 0 Å². The number of carbonyl (C=O) groups is 2. The molecule has 0 unspecified atom stereocenters. The van der Waals surface area contributed by atoms with E-state index in [1.165, 1.54) is 0 Å². The molecule has 0 aliphatic heterocycles. The van der Waals surface area contributed by atoms with Gasteiger partial charge in [0.1, 0.15) is 6.33 Å². The smallest absolute Gasteiger partial charge is 0.116 e. The quantitative estimate of drug-likeness (QED) is 0.556. The van der Waals surface area contributed by atoms with Crippen molar-refractivity contribution in [3.05, 3.63) is 23.8 Å². The number of rotatable bonds is 2. The molecular formula is C6H10N4O4. The van der Waals surface area contributed by atoms with Crippen molar-refractivity contribution in [3.8, 4) is 0 Å². The maximum atomic E-state index is 10.2. The van der Waals surface area contributed by atoms with Crippen LogP contribution in [0.5, 0.6) is 0 Å². The fourth-order valence-corrected chi connectivity index (χ4v) is 0.642. The number of aromatic nitrogens is 2. The Labute approximate surface area is 78.8 Å². The molecule has 1 rings (SSSR count). The first-order chi connectivity index (χ1) is 5.63. The number of carbonyl (C=O) groups excluding carboxylic acids is 2. The summed E-state index contributed by atoms with van der Waals surface area (Å²) in [5.74, 6) is -3.31. The molecule has 1 aromatic heterocycles. The Kier molecular flexibility index (Phi) is 5.75. The minimum absolute atomic E-state index is 0. The van der Waals surface area contributed by atoms with Gasteiger partial charge in [-0.05, 0) is 0 Å². The largest absolute Gasteiger partial charge is 0.545 e. The van der Waals surface area contributed by atoms with Gasteiger partial charge in [0, 0.05) is 11.8 Å². The highest BCUT2D eigenvalue weighted by Gasteiger charge is 2.04. The molecule has 14 heavy (non-hydrogen) atoms. The van der Waals surface area contributed by atoms with Crippen molar-refractivity contribution in [1.82, 2.24) is 22.3 Å². The second-order valence-electron chi connectivity index (χ2n) is 1.86. The lowest BCUT2D eigenvalue weighted by molar-refractivity contribution is -0.260. The highest BCUT2D eigenvalue weighted by Crippen LogP contribution is 1.99. The lowest BCUT2D eigenvalue weighted by Crippen LogP contribution is -2.31. The predicted octanol–water partition coefficient (Wildman–Crippen LogP) is -2.04. The van der Waals surface area contributed by atoms with Gasteiger partial charge in [-0.25, -0.2) is 9.97 Å². The molecule has 0 radical (unpaired) electrons. The molecule has 0 bridgehead atoms. The second kappa shape index (κ2) is 5.56. The second-order valence-corrected chi connectivity index (χ2v) is 1.86. The number of carboxylic acid groups (broad SMARTS) is 2. The zero-order valence-corrected chi connectivity index (χ0v) is 7.68. The Bertz CT molecular complexity index is 307. The van der Waals surface area contributed by atoms with Crippen LogP contribution in [0.3, 0.4) is 0 Å².